The van der Waals surface area contributed by atoms with E-state index in [0.29, 0.717) is 0 Å². The molecular weight excluding hydrogens is 302 g/mol. The number of aliphatic hydroxyl groups is 1. The largest absolute Gasteiger partial charge is 0.386 e. The molecule has 2 N–H and O–H groups in total. The van der Waals surface area contributed by atoms with Gasteiger partial charge in [-0.2, -0.15) is 0 Å². The van der Waals surface area contributed by atoms with Gasteiger partial charge in [-0.05, 0) is 45.0 Å². The van der Waals surface area contributed by atoms with Crippen molar-refractivity contribution in [3.05, 3.63) is 35.4 Å². The van der Waals surface area contributed by atoms with E-state index in [2.05, 4.69) is 10.2 Å². The number of nitrogens with zero attached hydrogens (tertiary/aromatic N) is 1. The Bertz CT molecular complexity index is 511. The molecule has 1 aromatic carbocycles. The number of carbonyl (C=O) groups excluding carboxylic acids is 1. The van der Waals surface area contributed by atoms with Gasteiger partial charge in [-0.1, -0.05) is 18.9 Å². The van der Waals surface area contributed by atoms with Gasteiger partial charge in [0.15, 0.2) is 0 Å². The van der Waals surface area contributed by atoms with Crippen LogP contribution >= 0.6 is 0 Å². The van der Waals surface area contributed by atoms with Crippen LogP contribution in [0.25, 0.3) is 0 Å². The van der Waals surface area contributed by atoms with Crippen LogP contribution in [0.1, 0.15) is 44.3 Å². The summed E-state index contributed by atoms with van der Waals surface area (Å²) in [5.74, 6) is -1.86. The fourth-order valence-electron chi connectivity index (χ4n) is 2.92. The summed E-state index contributed by atoms with van der Waals surface area (Å²) in [6, 6.07) is 3.10. The Labute approximate surface area is 135 Å². The number of hydrogen-bond acceptors (Lipinski definition) is 3. The van der Waals surface area contributed by atoms with Gasteiger partial charge in [0.2, 0.25) is 5.91 Å². The van der Waals surface area contributed by atoms with Gasteiger partial charge in [0.1, 0.15) is 17.7 Å². The standard InChI is InChI=1S/C17H24F2N2O2/c1-12(21-9-4-2-3-5-10-21)17(23)20-11-15(22)16-13(18)7-6-8-14(16)19/h6-8,12,15,22H,2-5,9-11H2,1H3,(H,20,23). The Morgan fingerprint density at radius 1 is 1.22 bits per heavy atom. The van der Waals surface area contributed by atoms with Crippen molar-refractivity contribution in [1.29, 1.82) is 0 Å². The van der Waals surface area contributed by atoms with E-state index in [1.165, 1.54) is 18.9 Å². The summed E-state index contributed by atoms with van der Waals surface area (Å²) in [6.07, 6.45) is 3.09. The van der Waals surface area contributed by atoms with E-state index in [1.807, 2.05) is 6.92 Å². The van der Waals surface area contributed by atoms with Crippen LogP contribution in [-0.2, 0) is 4.79 Å². The van der Waals surface area contributed by atoms with Crippen LogP contribution in [0.2, 0.25) is 0 Å². The molecule has 1 heterocycles. The number of nitrogens with one attached hydrogen (secondary N) is 1. The van der Waals surface area contributed by atoms with Crippen LogP contribution in [0.15, 0.2) is 18.2 Å². The number of hydrogen-bond donors (Lipinski definition) is 2. The number of rotatable bonds is 5. The Morgan fingerprint density at radius 3 is 2.35 bits per heavy atom. The predicted octanol–water partition coefficient (Wildman–Crippen LogP) is 2.38. The van der Waals surface area contributed by atoms with Gasteiger partial charge in [0, 0.05) is 6.54 Å². The molecule has 1 fully saturated rings. The molecule has 0 aliphatic carbocycles. The van der Waals surface area contributed by atoms with Gasteiger partial charge in [-0.15, -0.1) is 0 Å². The zero-order chi connectivity index (χ0) is 16.8. The van der Waals surface area contributed by atoms with Crippen molar-refractivity contribution in [3.63, 3.8) is 0 Å². The summed E-state index contributed by atoms with van der Waals surface area (Å²) in [5, 5.41) is 12.5. The minimum atomic E-state index is -1.41. The van der Waals surface area contributed by atoms with Crippen LogP contribution in [0.3, 0.4) is 0 Å². The van der Waals surface area contributed by atoms with Crippen molar-refractivity contribution >= 4 is 5.91 Å². The molecule has 4 nitrogen and oxygen atoms in total. The molecule has 1 amide bonds. The second kappa shape index (κ2) is 8.36. The topological polar surface area (TPSA) is 52.6 Å². The van der Waals surface area contributed by atoms with Gasteiger partial charge in [-0.3, -0.25) is 9.69 Å². The Morgan fingerprint density at radius 2 is 1.78 bits per heavy atom. The maximum absolute atomic E-state index is 13.6. The first-order chi connectivity index (χ1) is 11.0. The fraction of sp³-hybridized carbons (Fsp3) is 0.588. The van der Waals surface area contributed by atoms with Crippen LogP contribution < -0.4 is 5.32 Å². The zero-order valence-corrected chi connectivity index (χ0v) is 13.4. The first-order valence-corrected chi connectivity index (χ1v) is 8.14. The zero-order valence-electron chi connectivity index (χ0n) is 13.4. The summed E-state index contributed by atoms with van der Waals surface area (Å²) in [7, 11) is 0. The molecule has 0 aromatic heterocycles. The SMILES string of the molecule is CC(C(=O)NCC(O)c1c(F)cccc1F)N1CCCCCC1. The first kappa shape index (κ1) is 17.8. The molecule has 0 spiro atoms. The molecule has 0 saturated carbocycles. The summed E-state index contributed by atoms with van der Waals surface area (Å²) >= 11 is 0. The molecule has 2 rings (SSSR count). The van der Waals surface area contributed by atoms with E-state index < -0.39 is 23.3 Å². The third-order valence-electron chi connectivity index (χ3n) is 4.37. The van der Waals surface area contributed by atoms with Gasteiger partial charge < -0.3 is 10.4 Å². The summed E-state index contributed by atoms with van der Waals surface area (Å²) in [5.41, 5.74) is -0.407. The molecule has 0 radical (unpaired) electrons. The predicted molar refractivity (Wildman–Crippen MR) is 83.8 cm³/mol. The average Bonchev–Trinajstić information content (AvgIpc) is 2.81. The molecule has 2 atom stereocenters. The molecule has 1 aromatic rings. The third kappa shape index (κ3) is 4.72. The number of likely N-dealkylation sites (tertiary alicyclic amines) is 1. The van der Waals surface area contributed by atoms with Crippen molar-refractivity contribution in [3.8, 4) is 0 Å². The lowest BCUT2D eigenvalue weighted by Gasteiger charge is -2.27. The molecule has 128 valence electrons. The minimum absolute atomic E-state index is 0.213. The molecule has 1 aliphatic rings. The molecule has 2 unspecified atom stereocenters. The normalized spacial score (nSPS) is 19.0. The van der Waals surface area contributed by atoms with Crippen molar-refractivity contribution in [2.45, 2.75) is 44.8 Å². The molecule has 23 heavy (non-hydrogen) atoms. The lowest BCUT2D eigenvalue weighted by Crippen LogP contribution is -2.46. The number of aliphatic hydroxyl groups excluding tert-OH is 1. The highest BCUT2D eigenvalue weighted by molar-refractivity contribution is 5.81. The highest BCUT2D eigenvalue weighted by Gasteiger charge is 2.24. The van der Waals surface area contributed by atoms with E-state index in [9.17, 15) is 18.7 Å². The lowest BCUT2D eigenvalue weighted by atomic mass is 10.1. The van der Waals surface area contributed by atoms with E-state index in [1.54, 1.807) is 0 Å². The smallest absolute Gasteiger partial charge is 0.237 e. The van der Waals surface area contributed by atoms with Crippen molar-refractivity contribution < 1.29 is 18.7 Å². The van der Waals surface area contributed by atoms with E-state index in [-0.39, 0.29) is 18.5 Å². The van der Waals surface area contributed by atoms with Gasteiger partial charge in [0.05, 0.1) is 11.6 Å². The van der Waals surface area contributed by atoms with Gasteiger partial charge in [0.25, 0.3) is 0 Å². The van der Waals surface area contributed by atoms with E-state index in [4.69, 9.17) is 0 Å². The van der Waals surface area contributed by atoms with Crippen molar-refractivity contribution in [2.75, 3.05) is 19.6 Å². The maximum atomic E-state index is 13.6. The molecule has 0 bridgehead atoms. The van der Waals surface area contributed by atoms with Gasteiger partial charge in [-0.25, -0.2) is 8.78 Å². The molecule has 6 heteroatoms. The fourth-order valence-corrected chi connectivity index (χ4v) is 2.92. The molecule has 1 saturated heterocycles. The Hall–Kier alpha value is -1.53. The monoisotopic (exact) mass is 326 g/mol. The van der Waals surface area contributed by atoms with Crippen molar-refractivity contribution in [1.82, 2.24) is 10.2 Å². The first-order valence-electron chi connectivity index (χ1n) is 8.14. The summed E-state index contributed by atoms with van der Waals surface area (Å²) in [4.78, 5) is 14.3. The van der Waals surface area contributed by atoms with Crippen LogP contribution in [0.5, 0.6) is 0 Å². The van der Waals surface area contributed by atoms with Crippen LogP contribution in [0, 0.1) is 11.6 Å². The lowest BCUT2D eigenvalue weighted by molar-refractivity contribution is -0.126. The van der Waals surface area contributed by atoms with Crippen LogP contribution in [0.4, 0.5) is 8.78 Å². The summed E-state index contributed by atoms with van der Waals surface area (Å²) < 4.78 is 27.2. The van der Waals surface area contributed by atoms with Gasteiger partial charge >= 0.3 is 0 Å². The minimum Gasteiger partial charge on any atom is -0.386 e. The number of benzene rings is 1. The highest BCUT2D eigenvalue weighted by atomic mass is 19.1. The third-order valence-corrected chi connectivity index (χ3v) is 4.37. The number of halogens is 2. The number of carbonyl (C=O) groups is 1. The molecular formula is C17H24F2N2O2. The summed E-state index contributed by atoms with van der Waals surface area (Å²) in [6.45, 7) is 3.35. The number of amides is 1. The van der Waals surface area contributed by atoms with E-state index >= 15 is 0 Å². The average molecular weight is 326 g/mol. The van der Waals surface area contributed by atoms with Crippen LogP contribution in [-0.4, -0.2) is 41.6 Å². The Kier molecular flexibility index (Phi) is 6.47. The van der Waals surface area contributed by atoms with E-state index in [0.717, 1.165) is 38.1 Å². The highest BCUT2D eigenvalue weighted by Crippen LogP contribution is 2.20. The second-order valence-electron chi connectivity index (χ2n) is 6.02. The molecule has 1 aliphatic heterocycles. The maximum Gasteiger partial charge on any atom is 0.237 e. The Balaban J connectivity index is 1.90. The van der Waals surface area contributed by atoms with Crippen molar-refractivity contribution in [2.24, 2.45) is 0 Å². The second-order valence-corrected chi connectivity index (χ2v) is 6.02. The quantitative estimate of drug-likeness (QED) is 0.873.